The summed E-state index contributed by atoms with van der Waals surface area (Å²) in [5.74, 6) is 0.273. The summed E-state index contributed by atoms with van der Waals surface area (Å²) in [5.41, 5.74) is 7.96. The van der Waals surface area contributed by atoms with Crippen LogP contribution in [0.25, 0.3) is 22.2 Å². The number of fused-ring (bicyclic) bond motifs is 1. The zero-order valence-corrected chi connectivity index (χ0v) is 31.6. The number of likely N-dealkylation sites (tertiary alicyclic amines) is 2. The van der Waals surface area contributed by atoms with Crippen molar-refractivity contribution in [3.63, 3.8) is 0 Å². The number of aromatic amines is 1. The smallest absolute Gasteiger partial charge is 0.329 e. The molecule has 11 nitrogen and oxygen atoms in total. The molecular weight excluding hydrogens is 654 g/mol. The molecule has 0 radical (unpaired) electrons. The molecule has 11 heteroatoms. The summed E-state index contributed by atoms with van der Waals surface area (Å²) in [4.78, 5) is 63.0. The van der Waals surface area contributed by atoms with Crippen LogP contribution in [0, 0.1) is 26.7 Å². The van der Waals surface area contributed by atoms with Gasteiger partial charge < -0.3 is 25.0 Å². The number of benzene rings is 2. The number of piperidine rings is 2. The Morgan fingerprint density at radius 2 is 1.58 bits per heavy atom. The third-order valence-electron chi connectivity index (χ3n) is 11.8. The Hall–Kier alpha value is -4.64. The maximum Gasteiger partial charge on any atom is 0.329 e. The second-order valence-corrected chi connectivity index (χ2v) is 15.4. The minimum atomic E-state index is -0.247. The number of hydrogen-bond donors (Lipinski definition) is 2. The highest BCUT2D eigenvalue weighted by molar-refractivity contribution is 5.99. The number of nitrogens with one attached hydrogen (secondary N) is 2. The first-order chi connectivity index (χ1) is 24.9. The molecule has 2 aromatic heterocycles. The first-order valence-electron chi connectivity index (χ1n) is 19.0. The number of anilines is 1. The lowest BCUT2D eigenvalue weighted by Crippen LogP contribution is -2.47. The molecule has 3 aliphatic rings. The number of rotatable bonds is 9. The predicted molar refractivity (Wildman–Crippen MR) is 206 cm³/mol. The van der Waals surface area contributed by atoms with Gasteiger partial charge in [0, 0.05) is 73.7 Å². The number of carbonyl (C=O) groups excluding carboxylic acids is 2. The molecule has 4 aromatic rings. The number of pyridine rings is 1. The molecule has 1 aliphatic carbocycles. The number of amides is 2. The van der Waals surface area contributed by atoms with Crippen molar-refractivity contribution in [3.05, 3.63) is 85.2 Å². The van der Waals surface area contributed by atoms with E-state index >= 15 is 0 Å². The van der Waals surface area contributed by atoms with Gasteiger partial charge >= 0.3 is 5.69 Å². The number of carbonyl (C=O) groups is 2. The van der Waals surface area contributed by atoms with Crippen LogP contribution >= 0.6 is 0 Å². The second kappa shape index (κ2) is 14.4. The van der Waals surface area contributed by atoms with Gasteiger partial charge in [0.1, 0.15) is 0 Å². The molecule has 4 heterocycles. The van der Waals surface area contributed by atoms with E-state index in [0.717, 1.165) is 116 Å². The molecule has 276 valence electrons. The minimum Gasteiger partial charge on any atom is -0.368 e. The first-order valence-corrected chi connectivity index (χ1v) is 19.0. The van der Waals surface area contributed by atoms with Crippen molar-refractivity contribution in [1.29, 1.82) is 0 Å². The minimum absolute atomic E-state index is 0.00332. The zero-order chi connectivity index (χ0) is 36.8. The lowest BCUT2D eigenvalue weighted by molar-refractivity contribution is -0.133. The normalized spacial score (nSPS) is 17.5. The van der Waals surface area contributed by atoms with E-state index < -0.39 is 0 Å². The molecule has 0 unspecified atom stereocenters. The molecular formula is C41H53N7O4. The van der Waals surface area contributed by atoms with Gasteiger partial charge in [0.2, 0.25) is 5.91 Å². The number of hydrogen-bond acceptors (Lipinski definition) is 6. The van der Waals surface area contributed by atoms with Gasteiger partial charge in [-0.25, -0.2) is 4.79 Å². The molecule has 7 rings (SSSR count). The lowest BCUT2D eigenvalue weighted by atomic mass is 9.94. The van der Waals surface area contributed by atoms with Gasteiger partial charge in [0.05, 0.1) is 11.0 Å². The van der Waals surface area contributed by atoms with Crippen LogP contribution in [0.3, 0.4) is 0 Å². The van der Waals surface area contributed by atoms with Crippen molar-refractivity contribution < 1.29 is 9.59 Å². The summed E-state index contributed by atoms with van der Waals surface area (Å²) < 4.78 is 3.72. The van der Waals surface area contributed by atoms with Gasteiger partial charge in [-0.3, -0.25) is 23.5 Å². The van der Waals surface area contributed by atoms with Crippen LogP contribution in [-0.4, -0.2) is 81.5 Å². The van der Waals surface area contributed by atoms with Gasteiger partial charge in [-0.1, -0.05) is 6.07 Å². The molecule has 2 saturated heterocycles. The van der Waals surface area contributed by atoms with E-state index in [9.17, 15) is 19.2 Å². The molecule has 2 N–H and O–H groups in total. The molecule has 0 spiro atoms. The molecule has 2 amide bonds. The Bertz CT molecular complexity index is 2130. The van der Waals surface area contributed by atoms with Crippen LogP contribution in [0.1, 0.15) is 84.2 Å². The van der Waals surface area contributed by atoms with Gasteiger partial charge in [0.15, 0.2) is 0 Å². The zero-order valence-electron chi connectivity index (χ0n) is 31.6. The van der Waals surface area contributed by atoms with Crippen molar-refractivity contribution in [2.75, 3.05) is 44.7 Å². The Morgan fingerprint density at radius 3 is 2.23 bits per heavy atom. The number of nitrogens with zero attached hydrogens (tertiary/aromatic N) is 5. The highest BCUT2D eigenvalue weighted by atomic mass is 16.2. The van der Waals surface area contributed by atoms with E-state index in [1.54, 1.807) is 4.57 Å². The highest BCUT2D eigenvalue weighted by Gasteiger charge is 2.36. The van der Waals surface area contributed by atoms with Crippen LogP contribution in [0.15, 0.2) is 46.0 Å². The Labute approximate surface area is 305 Å². The van der Waals surface area contributed by atoms with Crippen molar-refractivity contribution >= 4 is 28.5 Å². The van der Waals surface area contributed by atoms with E-state index in [-0.39, 0.29) is 41.7 Å². The van der Waals surface area contributed by atoms with Gasteiger partial charge in [-0.05, 0) is 139 Å². The quantitative estimate of drug-likeness (QED) is 0.252. The molecule has 3 fully saturated rings. The molecule has 0 bridgehead atoms. The third-order valence-corrected chi connectivity index (χ3v) is 11.8. The SMILES string of the molecule is CCN(c1cc(-c2ccc3c(c2)n(C)c(=O)n3C2CCN(C)CC2)cc(C(=O)NCc2c(C)cc(C)[nH]c2=O)c1C)C1CCN(C(=O)C2CC2)CC1. The van der Waals surface area contributed by atoms with Crippen molar-refractivity contribution in [2.24, 2.45) is 13.0 Å². The molecule has 2 aromatic carbocycles. The van der Waals surface area contributed by atoms with Gasteiger partial charge in [-0.2, -0.15) is 0 Å². The second-order valence-electron chi connectivity index (χ2n) is 15.4. The Morgan fingerprint density at radius 1 is 0.865 bits per heavy atom. The maximum atomic E-state index is 14.1. The van der Waals surface area contributed by atoms with Crippen LogP contribution in [0.2, 0.25) is 0 Å². The van der Waals surface area contributed by atoms with E-state index in [1.165, 1.54) is 0 Å². The number of imidazole rings is 1. The summed E-state index contributed by atoms with van der Waals surface area (Å²) in [6, 6.07) is 12.6. The van der Waals surface area contributed by atoms with Crippen LogP contribution < -0.4 is 21.5 Å². The van der Waals surface area contributed by atoms with E-state index in [1.807, 2.05) is 49.4 Å². The van der Waals surface area contributed by atoms with Crippen molar-refractivity contribution in [2.45, 2.75) is 84.8 Å². The largest absolute Gasteiger partial charge is 0.368 e. The van der Waals surface area contributed by atoms with Crippen LogP contribution in [0.5, 0.6) is 0 Å². The topological polar surface area (TPSA) is 116 Å². The average Bonchev–Trinajstić information content (AvgIpc) is 3.95. The molecule has 52 heavy (non-hydrogen) atoms. The van der Waals surface area contributed by atoms with Gasteiger partial charge in [0.25, 0.3) is 11.5 Å². The Balaban J connectivity index is 1.26. The van der Waals surface area contributed by atoms with E-state index in [4.69, 9.17) is 0 Å². The molecule has 2 aliphatic heterocycles. The average molecular weight is 708 g/mol. The summed E-state index contributed by atoms with van der Waals surface area (Å²) in [6.07, 6.45) is 5.63. The molecule has 0 atom stereocenters. The standard InChI is InChI=1S/C41H53N7O4/c1-7-47(31-14-18-46(19-15-31)40(51)28-8-9-28)36-23-30(21-33(27(36)4)38(49)42-24-34-25(2)20-26(3)43-39(34)50)29-10-11-35-37(22-29)45(6)41(52)48(35)32-12-16-44(5)17-13-32/h10-11,20-23,28,31-32H,7-9,12-19,24H2,1-6H3,(H,42,49)(H,43,50). The van der Waals surface area contributed by atoms with E-state index in [2.05, 4.69) is 58.3 Å². The van der Waals surface area contributed by atoms with Crippen LogP contribution in [0.4, 0.5) is 5.69 Å². The highest BCUT2D eigenvalue weighted by Crippen LogP contribution is 2.37. The lowest BCUT2D eigenvalue weighted by Gasteiger charge is -2.40. The fraction of sp³-hybridized carbons (Fsp3) is 0.512. The number of aromatic nitrogens is 3. The maximum absolute atomic E-state index is 14.1. The Kier molecular flexibility index (Phi) is 9.91. The van der Waals surface area contributed by atoms with E-state index in [0.29, 0.717) is 17.0 Å². The summed E-state index contributed by atoms with van der Waals surface area (Å²) in [5, 5.41) is 3.05. The molecule has 1 saturated carbocycles. The summed E-state index contributed by atoms with van der Waals surface area (Å²) in [6.45, 7) is 12.2. The van der Waals surface area contributed by atoms with Crippen LogP contribution in [-0.2, 0) is 18.4 Å². The van der Waals surface area contributed by atoms with Gasteiger partial charge in [-0.15, -0.1) is 0 Å². The fourth-order valence-electron chi connectivity index (χ4n) is 8.53. The number of H-pyrrole nitrogens is 1. The fourth-order valence-corrected chi connectivity index (χ4v) is 8.53. The first kappa shape index (κ1) is 35.7. The van der Waals surface area contributed by atoms with Crippen molar-refractivity contribution in [1.82, 2.24) is 29.2 Å². The van der Waals surface area contributed by atoms with Crippen molar-refractivity contribution in [3.8, 4) is 11.1 Å². The third kappa shape index (κ3) is 6.83. The monoisotopic (exact) mass is 707 g/mol. The predicted octanol–water partition coefficient (Wildman–Crippen LogP) is 5.04. The summed E-state index contributed by atoms with van der Waals surface area (Å²) in [7, 11) is 3.97. The summed E-state index contributed by atoms with van der Waals surface area (Å²) >= 11 is 0. The number of aryl methyl sites for hydroxylation is 3.